The lowest BCUT2D eigenvalue weighted by Gasteiger charge is -2.36. The van der Waals surface area contributed by atoms with Crippen molar-refractivity contribution in [3.05, 3.63) is 29.8 Å². The van der Waals surface area contributed by atoms with Gasteiger partial charge < -0.3 is 14.8 Å². The van der Waals surface area contributed by atoms with Gasteiger partial charge in [-0.2, -0.15) is 0 Å². The van der Waals surface area contributed by atoms with E-state index in [9.17, 15) is 0 Å². The Morgan fingerprint density at radius 3 is 2.48 bits per heavy atom. The minimum atomic E-state index is 0.423. The van der Waals surface area contributed by atoms with Crippen molar-refractivity contribution in [1.82, 2.24) is 10.2 Å². The van der Waals surface area contributed by atoms with Crippen LogP contribution >= 0.6 is 0 Å². The van der Waals surface area contributed by atoms with Crippen molar-refractivity contribution < 1.29 is 9.47 Å². The molecule has 1 aliphatic heterocycles. The molecule has 1 N–H and O–H groups in total. The Hall–Kier alpha value is -1.10. The molecule has 0 spiro atoms. The van der Waals surface area contributed by atoms with Gasteiger partial charge in [-0.25, -0.2) is 0 Å². The van der Waals surface area contributed by atoms with Gasteiger partial charge in [0.1, 0.15) is 5.75 Å². The number of hydrogen-bond donors (Lipinski definition) is 1. The Balaban J connectivity index is 1.66. The number of benzene rings is 1. The maximum Gasteiger partial charge on any atom is 0.118 e. The molecular formula is C19H30N2O2. The Kier molecular flexibility index (Phi) is 6.31. The summed E-state index contributed by atoms with van der Waals surface area (Å²) in [5.41, 5.74) is 1.37. The smallest absolute Gasteiger partial charge is 0.118 e. The summed E-state index contributed by atoms with van der Waals surface area (Å²) in [5, 5.41) is 3.83. The molecule has 1 saturated heterocycles. The highest BCUT2D eigenvalue weighted by Crippen LogP contribution is 2.25. The summed E-state index contributed by atoms with van der Waals surface area (Å²) in [6.07, 6.45) is 6.82. The summed E-state index contributed by atoms with van der Waals surface area (Å²) in [6, 6.07) is 9.69. The predicted octanol–water partition coefficient (Wildman–Crippen LogP) is 2.99. The molecule has 128 valence electrons. The minimum Gasteiger partial charge on any atom is -0.497 e. The molecule has 0 amide bonds. The minimum absolute atomic E-state index is 0.423. The lowest BCUT2D eigenvalue weighted by atomic mass is 9.95. The van der Waals surface area contributed by atoms with E-state index in [1.165, 1.54) is 37.7 Å². The molecule has 4 nitrogen and oxygen atoms in total. The van der Waals surface area contributed by atoms with Crippen LogP contribution in [0.5, 0.6) is 5.75 Å². The van der Waals surface area contributed by atoms with Crippen LogP contribution in [0.15, 0.2) is 24.3 Å². The first-order valence-electron chi connectivity index (χ1n) is 9.06. The molecule has 1 heterocycles. The number of rotatable bonds is 6. The van der Waals surface area contributed by atoms with Gasteiger partial charge in [-0.1, -0.05) is 31.4 Å². The Morgan fingerprint density at radius 1 is 1.13 bits per heavy atom. The molecule has 0 bridgehead atoms. The average Bonchev–Trinajstić information content (AvgIpc) is 2.64. The second-order valence-corrected chi connectivity index (χ2v) is 6.68. The first-order chi connectivity index (χ1) is 11.4. The third kappa shape index (κ3) is 4.69. The molecular weight excluding hydrogens is 288 g/mol. The van der Waals surface area contributed by atoms with Gasteiger partial charge in [-0.15, -0.1) is 0 Å². The molecule has 1 aliphatic carbocycles. The van der Waals surface area contributed by atoms with Gasteiger partial charge in [0.15, 0.2) is 0 Å². The van der Waals surface area contributed by atoms with Gasteiger partial charge in [0.05, 0.1) is 20.3 Å². The zero-order valence-electron chi connectivity index (χ0n) is 14.3. The molecule has 4 heteroatoms. The molecule has 2 fully saturated rings. The number of hydrogen-bond acceptors (Lipinski definition) is 4. The Bertz CT molecular complexity index is 451. The maximum absolute atomic E-state index is 5.53. The highest BCUT2D eigenvalue weighted by molar-refractivity contribution is 5.29. The van der Waals surface area contributed by atoms with Gasteiger partial charge >= 0.3 is 0 Å². The van der Waals surface area contributed by atoms with Crippen LogP contribution in [0.2, 0.25) is 0 Å². The summed E-state index contributed by atoms with van der Waals surface area (Å²) >= 11 is 0. The average molecular weight is 318 g/mol. The third-order valence-electron chi connectivity index (χ3n) is 5.19. The standard InChI is InChI=1S/C19H30N2O2/c1-22-18-9-7-16(8-10-18)19(21-11-13-23-14-12-21)15-20-17-5-3-2-4-6-17/h7-10,17,19-20H,2-6,11-15H2,1H3. The third-order valence-corrected chi connectivity index (χ3v) is 5.19. The van der Waals surface area contributed by atoms with E-state index in [-0.39, 0.29) is 0 Å². The second kappa shape index (κ2) is 8.67. The molecule has 0 aromatic heterocycles. The summed E-state index contributed by atoms with van der Waals surface area (Å²) in [4.78, 5) is 2.56. The molecule has 3 rings (SSSR count). The van der Waals surface area contributed by atoms with Crippen molar-refractivity contribution in [2.24, 2.45) is 0 Å². The zero-order chi connectivity index (χ0) is 15.9. The van der Waals surface area contributed by atoms with E-state index in [0.717, 1.165) is 38.6 Å². The van der Waals surface area contributed by atoms with Crippen LogP contribution in [0.1, 0.15) is 43.7 Å². The van der Waals surface area contributed by atoms with Crippen molar-refractivity contribution in [3.8, 4) is 5.75 Å². The van der Waals surface area contributed by atoms with E-state index in [4.69, 9.17) is 9.47 Å². The van der Waals surface area contributed by atoms with Crippen LogP contribution in [0.3, 0.4) is 0 Å². The zero-order valence-corrected chi connectivity index (χ0v) is 14.3. The molecule has 1 aromatic rings. The van der Waals surface area contributed by atoms with Crippen molar-refractivity contribution in [1.29, 1.82) is 0 Å². The molecule has 1 saturated carbocycles. The second-order valence-electron chi connectivity index (χ2n) is 6.68. The summed E-state index contributed by atoms with van der Waals surface area (Å²) in [7, 11) is 1.72. The number of methoxy groups -OCH3 is 1. The summed E-state index contributed by atoms with van der Waals surface area (Å²) < 4.78 is 10.8. The molecule has 1 atom stereocenters. The van der Waals surface area contributed by atoms with Gasteiger partial charge in [0, 0.05) is 31.7 Å². The first kappa shape index (κ1) is 16.7. The topological polar surface area (TPSA) is 33.7 Å². The molecule has 2 aliphatic rings. The molecule has 1 aromatic carbocycles. The SMILES string of the molecule is COc1ccc(C(CNC2CCCCC2)N2CCOCC2)cc1. The van der Waals surface area contributed by atoms with E-state index >= 15 is 0 Å². The highest BCUT2D eigenvalue weighted by Gasteiger charge is 2.24. The fourth-order valence-electron chi connectivity index (χ4n) is 3.76. The van der Waals surface area contributed by atoms with Crippen LogP contribution in [-0.2, 0) is 4.74 Å². The van der Waals surface area contributed by atoms with Gasteiger partial charge in [0.2, 0.25) is 0 Å². The van der Waals surface area contributed by atoms with E-state index in [2.05, 4.69) is 34.5 Å². The normalized spacial score (nSPS) is 22.0. The Morgan fingerprint density at radius 2 is 1.83 bits per heavy atom. The first-order valence-corrected chi connectivity index (χ1v) is 9.06. The number of morpholine rings is 1. The van der Waals surface area contributed by atoms with Crippen LogP contribution in [0, 0.1) is 0 Å². The van der Waals surface area contributed by atoms with Crippen molar-refractivity contribution in [2.75, 3.05) is 40.0 Å². The molecule has 0 radical (unpaired) electrons. The molecule has 23 heavy (non-hydrogen) atoms. The largest absolute Gasteiger partial charge is 0.497 e. The quantitative estimate of drug-likeness (QED) is 0.874. The van der Waals surface area contributed by atoms with E-state index in [0.29, 0.717) is 12.1 Å². The Labute approximate surface area is 140 Å². The van der Waals surface area contributed by atoms with Crippen LogP contribution in [0.4, 0.5) is 0 Å². The highest BCUT2D eigenvalue weighted by atomic mass is 16.5. The number of nitrogens with one attached hydrogen (secondary N) is 1. The van der Waals surface area contributed by atoms with Gasteiger partial charge in [-0.3, -0.25) is 4.90 Å². The fraction of sp³-hybridized carbons (Fsp3) is 0.684. The lowest BCUT2D eigenvalue weighted by molar-refractivity contribution is 0.0154. The van der Waals surface area contributed by atoms with Crippen LogP contribution < -0.4 is 10.1 Å². The van der Waals surface area contributed by atoms with Crippen molar-refractivity contribution in [3.63, 3.8) is 0 Å². The number of ether oxygens (including phenoxy) is 2. The van der Waals surface area contributed by atoms with Crippen LogP contribution in [0.25, 0.3) is 0 Å². The van der Waals surface area contributed by atoms with Crippen molar-refractivity contribution in [2.45, 2.75) is 44.2 Å². The van der Waals surface area contributed by atoms with E-state index in [1.807, 2.05) is 0 Å². The monoisotopic (exact) mass is 318 g/mol. The van der Waals surface area contributed by atoms with Gasteiger partial charge in [0.25, 0.3) is 0 Å². The summed E-state index contributed by atoms with van der Waals surface area (Å²) in [6.45, 7) is 4.75. The van der Waals surface area contributed by atoms with E-state index in [1.54, 1.807) is 7.11 Å². The predicted molar refractivity (Wildman–Crippen MR) is 93.0 cm³/mol. The molecule has 1 unspecified atom stereocenters. The summed E-state index contributed by atoms with van der Waals surface area (Å²) in [5.74, 6) is 0.926. The maximum atomic E-state index is 5.53. The lowest BCUT2D eigenvalue weighted by Crippen LogP contribution is -2.45. The fourth-order valence-corrected chi connectivity index (χ4v) is 3.76. The van der Waals surface area contributed by atoms with Crippen molar-refractivity contribution >= 4 is 0 Å². The van der Waals surface area contributed by atoms with Crippen LogP contribution in [-0.4, -0.2) is 50.9 Å². The van der Waals surface area contributed by atoms with Gasteiger partial charge in [-0.05, 0) is 30.5 Å². The van der Waals surface area contributed by atoms with E-state index < -0.39 is 0 Å². The number of nitrogens with zero attached hydrogens (tertiary/aromatic N) is 1.